The highest BCUT2D eigenvalue weighted by Gasteiger charge is 2.19. The molecule has 0 aliphatic heterocycles. The fourth-order valence-electron chi connectivity index (χ4n) is 1.57. The van der Waals surface area contributed by atoms with Gasteiger partial charge in [-0.05, 0) is 24.1 Å². The van der Waals surface area contributed by atoms with Gasteiger partial charge in [0.15, 0.2) is 6.10 Å². The van der Waals surface area contributed by atoms with E-state index in [1.54, 1.807) is 18.2 Å². The molecule has 0 fully saturated rings. The van der Waals surface area contributed by atoms with Crippen LogP contribution in [0.15, 0.2) is 24.3 Å². The Kier molecular flexibility index (Phi) is 6.22. The van der Waals surface area contributed by atoms with Crippen molar-refractivity contribution in [2.45, 2.75) is 32.3 Å². The van der Waals surface area contributed by atoms with E-state index in [2.05, 4.69) is 0 Å². The molecule has 0 bridgehead atoms. The average molecular weight is 252 g/mol. The molecule has 0 aliphatic rings. The number of phenolic OH excluding ortho intramolecular Hbond substituents is 1. The zero-order valence-corrected chi connectivity index (χ0v) is 10.9. The number of hydrogen-bond acceptors (Lipinski definition) is 4. The molecule has 18 heavy (non-hydrogen) atoms. The number of unbranched alkanes of at least 4 members (excludes halogenated alkanes) is 1. The van der Waals surface area contributed by atoms with Crippen LogP contribution in [0.4, 0.5) is 0 Å². The van der Waals surface area contributed by atoms with Crippen molar-refractivity contribution in [1.82, 2.24) is 0 Å². The molecule has 0 aliphatic carbocycles. The van der Waals surface area contributed by atoms with Gasteiger partial charge < -0.3 is 14.6 Å². The third kappa shape index (κ3) is 4.75. The number of aromatic hydroxyl groups is 1. The lowest BCUT2D eigenvalue weighted by atomic mass is 10.1. The zero-order chi connectivity index (χ0) is 13.4. The third-order valence-electron chi connectivity index (χ3n) is 2.62. The second kappa shape index (κ2) is 7.71. The minimum absolute atomic E-state index is 0.182. The van der Waals surface area contributed by atoms with Gasteiger partial charge in [-0.1, -0.05) is 25.5 Å². The van der Waals surface area contributed by atoms with Gasteiger partial charge in [-0.3, -0.25) is 0 Å². The molecule has 1 N–H and O–H groups in total. The van der Waals surface area contributed by atoms with Crippen LogP contribution >= 0.6 is 0 Å². The SMILES string of the molecule is CCCCOC(=O)C(Cc1cccc(O)c1)OC. The molecular weight excluding hydrogens is 232 g/mol. The Morgan fingerprint density at radius 2 is 2.22 bits per heavy atom. The molecule has 1 aromatic rings. The molecule has 0 aromatic heterocycles. The number of methoxy groups -OCH3 is 1. The lowest BCUT2D eigenvalue weighted by Crippen LogP contribution is -2.28. The maximum atomic E-state index is 11.7. The summed E-state index contributed by atoms with van der Waals surface area (Å²) < 4.78 is 10.2. The van der Waals surface area contributed by atoms with Crippen LogP contribution in [-0.2, 0) is 20.7 Å². The Balaban J connectivity index is 2.53. The van der Waals surface area contributed by atoms with Crippen molar-refractivity contribution in [1.29, 1.82) is 0 Å². The Labute approximate surface area is 108 Å². The molecule has 4 heteroatoms. The topological polar surface area (TPSA) is 55.8 Å². The number of ether oxygens (including phenoxy) is 2. The van der Waals surface area contributed by atoms with Crippen LogP contribution in [0.5, 0.6) is 5.75 Å². The predicted molar refractivity (Wildman–Crippen MR) is 68.5 cm³/mol. The van der Waals surface area contributed by atoms with Crippen LogP contribution in [0, 0.1) is 0 Å². The van der Waals surface area contributed by atoms with Gasteiger partial charge in [0, 0.05) is 13.5 Å². The van der Waals surface area contributed by atoms with E-state index < -0.39 is 6.10 Å². The van der Waals surface area contributed by atoms with Crippen LogP contribution in [0.1, 0.15) is 25.3 Å². The van der Waals surface area contributed by atoms with Gasteiger partial charge in [0.2, 0.25) is 0 Å². The van der Waals surface area contributed by atoms with Gasteiger partial charge in [0.25, 0.3) is 0 Å². The number of carbonyl (C=O) groups excluding carboxylic acids is 1. The van der Waals surface area contributed by atoms with Crippen LogP contribution in [0.2, 0.25) is 0 Å². The molecule has 0 saturated carbocycles. The van der Waals surface area contributed by atoms with Crippen LogP contribution < -0.4 is 0 Å². The maximum Gasteiger partial charge on any atom is 0.335 e. The minimum atomic E-state index is -0.622. The Morgan fingerprint density at radius 1 is 1.44 bits per heavy atom. The Morgan fingerprint density at radius 3 is 2.83 bits per heavy atom. The van der Waals surface area contributed by atoms with E-state index in [-0.39, 0.29) is 11.7 Å². The second-order valence-electron chi connectivity index (χ2n) is 4.12. The minimum Gasteiger partial charge on any atom is -0.508 e. The molecule has 0 radical (unpaired) electrons. The third-order valence-corrected chi connectivity index (χ3v) is 2.62. The molecule has 1 unspecified atom stereocenters. The lowest BCUT2D eigenvalue weighted by Gasteiger charge is -2.14. The van der Waals surface area contributed by atoms with Gasteiger partial charge in [0.05, 0.1) is 6.61 Å². The zero-order valence-electron chi connectivity index (χ0n) is 10.9. The van der Waals surface area contributed by atoms with Crippen molar-refractivity contribution in [3.05, 3.63) is 29.8 Å². The molecule has 1 rings (SSSR count). The number of benzene rings is 1. The highest BCUT2D eigenvalue weighted by atomic mass is 16.6. The smallest absolute Gasteiger partial charge is 0.335 e. The lowest BCUT2D eigenvalue weighted by molar-refractivity contribution is -0.155. The number of esters is 1. The summed E-state index contributed by atoms with van der Waals surface area (Å²) in [6, 6.07) is 6.78. The van der Waals surface area contributed by atoms with Gasteiger partial charge in [-0.15, -0.1) is 0 Å². The standard InChI is InChI=1S/C14H20O4/c1-3-4-8-18-14(16)13(17-2)10-11-6-5-7-12(15)9-11/h5-7,9,13,15H,3-4,8,10H2,1-2H3. The van der Waals surface area contributed by atoms with Crippen LogP contribution in [0.25, 0.3) is 0 Å². The summed E-state index contributed by atoms with van der Waals surface area (Å²) in [5.74, 6) is -0.170. The summed E-state index contributed by atoms with van der Waals surface area (Å²) in [6.07, 6.45) is 1.62. The number of rotatable bonds is 7. The van der Waals surface area contributed by atoms with Crippen LogP contribution in [-0.4, -0.2) is 30.9 Å². The van der Waals surface area contributed by atoms with Crippen LogP contribution in [0.3, 0.4) is 0 Å². The van der Waals surface area contributed by atoms with Crippen molar-refractivity contribution < 1.29 is 19.4 Å². The highest BCUT2D eigenvalue weighted by molar-refractivity contribution is 5.75. The molecule has 1 atom stereocenters. The largest absolute Gasteiger partial charge is 0.508 e. The van der Waals surface area contributed by atoms with E-state index in [0.29, 0.717) is 13.0 Å². The molecule has 4 nitrogen and oxygen atoms in total. The molecule has 0 saturated heterocycles. The summed E-state index contributed by atoms with van der Waals surface area (Å²) in [5.41, 5.74) is 0.842. The van der Waals surface area contributed by atoms with E-state index >= 15 is 0 Å². The quantitative estimate of drug-likeness (QED) is 0.597. The number of carbonyl (C=O) groups is 1. The van der Waals surface area contributed by atoms with E-state index in [0.717, 1.165) is 18.4 Å². The summed E-state index contributed by atoms with van der Waals surface area (Å²) in [6.45, 7) is 2.46. The Hall–Kier alpha value is -1.55. The van der Waals surface area contributed by atoms with E-state index in [9.17, 15) is 9.90 Å². The van der Waals surface area contributed by atoms with Crippen molar-refractivity contribution in [2.24, 2.45) is 0 Å². The van der Waals surface area contributed by atoms with Crippen molar-refractivity contribution in [2.75, 3.05) is 13.7 Å². The van der Waals surface area contributed by atoms with Gasteiger partial charge in [-0.25, -0.2) is 4.79 Å². The van der Waals surface area contributed by atoms with E-state index in [1.807, 2.05) is 13.0 Å². The van der Waals surface area contributed by atoms with Gasteiger partial charge >= 0.3 is 5.97 Å². The van der Waals surface area contributed by atoms with Gasteiger partial charge in [-0.2, -0.15) is 0 Å². The van der Waals surface area contributed by atoms with Gasteiger partial charge in [0.1, 0.15) is 5.75 Å². The monoisotopic (exact) mass is 252 g/mol. The summed E-state index contributed by atoms with van der Waals surface area (Å²) >= 11 is 0. The summed E-state index contributed by atoms with van der Waals surface area (Å²) in [4.78, 5) is 11.7. The fraction of sp³-hybridized carbons (Fsp3) is 0.500. The molecule has 0 amide bonds. The van der Waals surface area contributed by atoms with Crippen molar-refractivity contribution in [3.63, 3.8) is 0 Å². The predicted octanol–water partition coefficient (Wildman–Crippen LogP) is 2.29. The fourth-order valence-corrected chi connectivity index (χ4v) is 1.57. The number of hydrogen-bond donors (Lipinski definition) is 1. The first kappa shape index (κ1) is 14.5. The van der Waals surface area contributed by atoms with E-state index in [1.165, 1.54) is 7.11 Å². The first-order valence-corrected chi connectivity index (χ1v) is 6.14. The molecular formula is C14H20O4. The highest BCUT2D eigenvalue weighted by Crippen LogP contribution is 2.14. The maximum absolute atomic E-state index is 11.7. The van der Waals surface area contributed by atoms with Crippen molar-refractivity contribution >= 4 is 5.97 Å². The van der Waals surface area contributed by atoms with Crippen molar-refractivity contribution in [3.8, 4) is 5.75 Å². The normalized spacial score (nSPS) is 12.1. The Bertz CT molecular complexity index is 376. The molecule has 0 heterocycles. The average Bonchev–Trinajstić information content (AvgIpc) is 2.36. The van der Waals surface area contributed by atoms with E-state index in [4.69, 9.17) is 9.47 Å². The summed E-state index contributed by atoms with van der Waals surface area (Å²) in [5, 5.41) is 9.35. The first-order chi connectivity index (χ1) is 8.67. The number of phenols is 1. The first-order valence-electron chi connectivity index (χ1n) is 6.14. The summed E-state index contributed by atoms with van der Waals surface area (Å²) in [7, 11) is 1.48. The molecule has 100 valence electrons. The molecule has 1 aromatic carbocycles. The molecule has 0 spiro atoms. The second-order valence-corrected chi connectivity index (χ2v) is 4.12.